The second-order valence-electron chi connectivity index (χ2n) is 9.37. The molecule has 0 saturated carbocycles. The van der Waals surface area contributed by atoms with Crippen LogP contribution in [-0.4, -0.2) is 70.5 Å². The SMILES string of the molecule is C=C1c2cccc(C)c2C(=O)C2=C(C)C3(CO)C(O)=C(C(N)=O)C(=O)[C@@H](N(C)C)[C@@H]3[C@@H](O)[C@H]12. The summed E-state index contributed by atoms with van der Waals surface area (Å²) in [6.07, 6.45) is -1.35. The van der Waals surface area contributed by atoms with Crippen molar-refractivity contribution in [3.05, 3.63) is 63.9 Å². The van der Waals surface area contributed by atoms with Crippen molar-refractivity contribution in [2.75, 3.05) is 20.7 Å². The predicted octanol–water partition coefficient (Wildman–Crippen LogP) is 0.917. The van der Waals surface area contributed by atoms with Crippen LogP contribution in [0.2, 0.25) is 0 Å². The maximum atomic E-state index is 13.7. The van der Waals surface area contributed by atoms with Gasteiger partial charge in [-0.25, -0.2) is 0 Å². The number of ketones is 2. The molecule has 0 aliphatic heterocycles. The van der Waals surface area contributed by atoms with E-state index < -0.39 is 59.0 Å². The van der Waals surface area contributed by atoms with Gasteiger partial charge >= 0.3 is 0 Å². The Morgan fingerprint density at radius 1 is 1.24 bits per heavy atom. The van der Waals surface area contributed by atoms with Crippen LogP contribution >= 0.6 is 0 Å². The van der Waals surface area contributed by atoms with E-state index in [0.29, 0.717) is 22.3 Å². The number of amides is 1. The van der Waals surface area contributed by atoms with Crippen molar-refractivity contribution in [1.29, 1.82) is 0 Å². The third-order valence-electron chi connectivity index (χ3n) is 7.70. The molecule has 1 aromatic carbocycles. The fourth-order valence-electron chi connectivity index (χ4n) is 6.16. The summed E-state index contributed by atoms with van der Waals surface area (Å²) in [5.41, 5.74) is 5.92. The number of fused-ring (bicyclic) bond motifs is 3. The van der Waals surface area contributed by atoms with Gasteiger partial charge in [0, 0.05) is 23.0 Å². The number of hydrogen-bond donors (Lipinski definition) is 4. The quantitative estimate of drug-likeness (QED) is 0.500. The van der Waals surface area contributed by atoms with E-state index in [1.165, 1.54) is 4.90 Å². The third-order valence-corrected chi connectivity index (χ3v) is 7.70. The highest BCUT2D eigenvalue weighted by atomic mass is 16.3. The van der Waals surface area contributed by atoms with Crippen LogP contribution in [0.25, 0.3) is 5.57 Å². The molecule has 0 saturated heterocycles. The number of aliphatic hydroxyl groups excluding tert-OH is 3. The van der Waals surface area contributed by atoms with Gasteiger partial charge in [0.2, 0.25) is 0 Å². The summed E-state index contributed by atoms with van der Waals surface area (Å²) in [6.45, 7) is 6.83. The van der Waals surface area contributed by atoms with Crippen LogP contribution < -0.4 is 5.73 Å². The number of likely N-dealkylation sites (N-methyl/N-ethyl adjacent to an activating group) is 1. The Hall–Kier alpha value is -3.07. The fraction of sp³-hybridized carbons (Fsp3) is 0.400. The number of nitrogens with two attached hydrogens (primary N) is 1. The number of nitrogens with zero attached hydrogens (tertiary/aromatic N) is 1. The first-order chi connectivity index (χ1) is 15.4. The van der Waals surface area contributed by atoms with Crippen LogP contribution in [0.3, 0.4) is 0 Å². The van der Waals surface area contributed by atoms with E-state index >= 15 is 0 Å². The molecule has 0 spiro atoms. The van der Waals surface area contributed by atoms with E-state index in [4.69, 9.17) is 5.73 Å². The molecule has 174 valence electrons. The minimum absolute atomic E-state index is 0.210. The van der Waals surface area contributed by atoms with Crippen LogP contribution in [0.1, 0.15) is 28.4 Å². The Morgan fingerprint density at radius 2 is 1.88 bits per heavy atom. The molecule has 0 heterocycles. The summed E-state index contributed by atoms with van der Waals surface area (Å²) in [7, 11) is 3.21. The second-order valence-corrected chi connectivity index (χ2v) is 9.37. The molecule has 0 bridgehead atoms. The lowest BCUT2D eigenvalue weighted by Gasteiger charge is -2.56. The standard InChI is InChI=1S/C25H28N2O6/c1-10-7-6-8-13-11(2)15-16(20(29)14(10)13)12(3)25(9-28)18(21(15)30)19(27(4)5)22(31)17(23(25)32)24(26)33/h6-8,15,18-19,21,28,30,32H,2,9H2,1,3-5H3,(H2,26,33)/t15-,18-,19+,21+,25?/m1/s1. The molecule has 4 rings (SSSR count). The highest BCUT2D eigenvalue weighted by molar-refractivity contribution is 6.22. The maximum Gasteiger partial charge on any atom is 0.255 e. The number of Topliss-reactive ketones (excluding diaryl/α,β-unsaturated/α-hetero) is 2. The molecule has 1 unspecified atom stereocenters. The first-order valence-corrected chi connectivity index (χ1v) is 10.7. The molecule has 8 nitrogen and oxygen atoms in total. The van der Waals surface area contributed by atoms with Gasteiger partial charge in [0.1, 0.15) is 11.3 Å². The highest BCUT2D eigenvalue weighted by Gasteiger charge is 2.64. The lowest BCUT2D eigenvalue weighted by Crippen LogP contribution is -2.64. The number of hydrogen-bond acceptors (Lipinski definition) is 7. The summed E-state index contributed by atoms with van der Waals surface area (Å²) in [6, 6.07) is 4.30. The molecule has 0 fully saturated rings. The first-order valence-electron chi connectivity index (χ1n) is 10.7. The van der Waals surface area contributed by atoms with E-state index in [9.17, 15) is 29.7 Å². The minimum atomic E-state index is -1.74. The number of carbonyl (C=O) groups is 3. The van der Waals surface area contributed by atoms with Crippen LogP contribution in [0.15, 0.2) is 47.3 Å². The zero-order valence-corrected chi connectivity index (χ0v) is 19.0. The molecule has 3 aliphatic carbocycles. The minimum Gasteiger partial charge on any atom is -0.510 e. The van der Waals surface area contributed by atoms with Gasteiger partial charge in [0.25, 0.3) is 5.91 Å². The molecule has 5 atom stereocenters. The van der Waals surface area contributed by atoms with Crippen molar-refractivity contribution < 1.29 is 29.7 Å². The zero-order valence-electron chi connectivity index (χ0n) is 19.0. The predicted molar refractivity (Wildman–Crippen MR) is 121 cm³/mol. The normalized spacial score (nSPS) is 31.5. The Bertz CT molecular complexity index is 1190. The van der Waals surface area contributed by atoms with Gasteiger partial charge in [0.15, 0.2) is 11.6 Å². The first kappa shape index (κ1) is 23.1. The van der Waals surface area contributed by atoms with E-state index in [2.05, 4.69) is 6.58 Å². The molecule has 3 aliphatic rings. The molecule has 1 aromatic rings. The molecule has 1 amide bonds. The number of benzene rings is 1. The van der Waals surface area contributed by atoms with Crippen molar-refractivity contribution in [1.82, 2.24) is 4.90 Å². The summed E-state index contributed by atoms with van der Waals surface area (Å²) < 4.78 is 0. The van der Waals surface area contributed by atoms with Crippen LogP contribution in [-0.2, 0) is 9.59 Å². The fourth-order valence-corrected chi connectivity index (χ4v) is 6.16. The average molecular weight is 453 g/mol. The van der Waals surface area contributed by atoms with Crippen LogP contribution in [0.4, 0.5) is 0 Å². The summed E-state index contributed by atoms with van der Waals surface area (Å²) >= 11 is 0. The zero-order chi connectivity index (χ0) is 24.6. The lowest BCUT2D eigenvalue weighted by atomic mass is 9.50. The largest absolute Gasteiger partial charge is 0.510 e. The summed E-state index contributed by atoms with van der Waals surface area (Å²) in [4.78, 5) is 40.7. The molecule has 8 heteroatoms. The average Bonchev–Trinajstić information content (AvgIpc) is 2.73. The molecular weight excluding hydrogens is 424 g/mol. The number of primary amides is 1. The van der Waals surface area contributed by atoms with Gasteiger partial charge in [-0.2, -0.15) is 0 Å². The van der Waals surface area contributed by atoms with Crippen molar-refractivity contribution in [3.8, 4) is 0 Å². The van der Waals surface area contributed by atoms with Gasteiger partial charge in [-0.1, -0.05) is 24.8 Å². The smallest absolute Gasteiger partial charge is 0.255 e. The topological polar surface area (TPSA) is 141 Å². The number of aliphatic hydroxyl groups is 3. The van der Waals surface area contributed by atoms with E-state index in [-0.39, 0.29) is 11.4 Å². The Labute approximate surface area is 191 Å². The van der Waals surface area contributed by atoms with Crippen molar-refractivity contribution >= 4 is 23.0 Å². The summed E-state index contributed by atoms with van der Waals surface area (Å²) in [5, 5.41) is 33.6. The third kappa shape index (κ3) is 2.71. The van der Waals surface area contributed by atoms with Gasteiger partial charge in [0.05, 0.1) is 24.2 Å². The van der Waals surface area contributed by atoms with E-state index in [0.717, 1.165) is 5.56 Å². The lowest BCUT2D eigenvalue weighted by molar-refractivity contribution is -0.136. The van der Waals surface area contributed by atoms with E-state index in [1.807, 2.05) is 6.07 Å². The molecule has 0 aromatic heterocycles. The van der Waals surface area contributed by atoms with Crippen molar-refractivity contribution in [2.45, 2.75) is 26.0 Å². The molecule has 33 heavy (non-hydrogen) atoms. The van der Waals surface area contributed by atoms with Crippen LogP contribution in [0.5, 0.6) is 0 Å². The van der Waals surface area contributed by atoms with Gasteiger partial charge in [-0.05, 0) is 50.2 Å². The Balaban J connectivity index is 2.14. The van der Waals surface area contributed by atoms with Gasteiger partial charge in [-0.15, -0.1) is 0 Å². The van der Waals surface area contributed by atoms with Crippen molar-refractivity contribution in [3.63, 3.8) is 0 Å². The number of rotatable bonds is 3. The Morgan fingerprint density at radius 3 is 2.42 bits per heavy atom. The number of carbonyl (C=O) groups excluding carboxylic acids is 3. The van der Waals surface area contributed by atoms with Gasteiger partial charge in [-0.3, -0.25) is 19.3 Å². The monoisotopic (exact) mass is 452 g/mol. The molecular formula is C25H28N2O6. The summed E-state index contributed by atoms with van der Waals surface area (Å²) in [5.74, 6) is -4.81. The molecule has 0 radical (unpaired) electrons. The number of aryl methyl sites for hydroxylation is 1. The van der Waals surface area contributed by atoms with Gasteiger partial charge < -0.3 is 21.1 Å². The van der Waals surface area contributed by atoms with Crippen molar-refractivity contribution in [2.24, 2.45) is 23.0 Å². The molecule has 5 N–H and O–H groups in total. The van der Waals surface area contributed by atoms with E-state index in [1.54, 1.807) is 40.1 Å². The van der Waals surface area contributed by atoms with Crippen LogP contribution in [0, 0.1) is 24.2 Å². The Kier molecular flexibility index (Phi) is 5.24. The highest BCUT2D eigenvalue weighted by Crippen LogP contribution is 2.59. The maximum absolute atomic E-state index is 13.7. The second kappa shape index (κ2) is 7.48.